The van der Waals surface area contributed by atoms with E-state index in [-0.39, 0.29) is 5.69 Å². The van der Waals surface area contributed by atoms with E-state index in [9.17, 15) is 27.6 Å². The van der Waals surface area contributed by atoms with Crippen LogP contribution in [0.3, 0.4) is 0 Å². The second-order valence-corrected chi connectivity index (χ2v) is 11.6. The van der Waals surface area contributed by atoms with Crippen LogP contribution < -0.4 is 21.3 Å². The Bertz CT molecular complexity index is 1270. The summed E-state index contributed by atoms with van der Waals surface area (Å²) in [6, 6.07) is 8.62. The predicted molar refractivity (Wildman–Crippen MR) is 151 cm³/mol. The van der Waals surface area contributed by atoms with E-state index in [1.54, 1.807) is 20.8 Å². The Kier molecular flexibility index (Phi) is 10.1. The minimum atomic E-state index is -4.71. The Labute approximate surface area is 238 Å². The van der Waals surface area contributed by atoms with Crippen LogP contribution in [-0.4, -0.2) is 42.1 Å². The molecule has 0 unspecified atom stereocenters. The van der Waals surface area contributed by atoms with Crippen LogP contribution in [0.25, 0.3) is 0 Å². The van der Waals surface area contributed by atoms with Crippen molar-refractivity contribution < 1.29 is 32.3 Å². The monoisotopic (exact) mass is 576 g/mol. The zero-order chi connectivity index (χ0) is 30.4. The van der Waals surface area contributed by atoms with Crippen molar-refractivity contribution >= 4 is 23.6 Å². The molecule has 8 nitrogen and oxygen atoms in total. The molecule has 0 heterocycles. The normalized spacial score (nSPS) is 14.8. The van der Waals surface area contributed by atoms with Gasteiger partial charge in [0.25, 0.3) is 5.91 Å². The van der Waals surface area contributed by atoms with Crippen LogP contribution in [0.1, 0.15) is 79.1 Å². The van der Waals surface area contributed by atoms with E-state index >= 15 is 0 Å². The lowest BCUT2D eigenvalue weighted by Gasteiger charge is -2.31. The van der Waals surface area contributed by atoms with Gasteiger partial charge in [-0.25, -0.2) is 4.79 Å². The van der Waals surface area contributed by atoms with Crippen molar-refractivity contribution in [2.24, 2.45) is 0 Å². The van der Waals surface area contributed by atoms with Crippen LogP contribution in [0.4, 0.5) is 23.7 Å². The van der Waals surface area contributed by atoms with Crippen LogP contribution in [0.5, 0.6) is 0 Å². The molecule has 0 bridgehead atoms. The average molecular weight is 577 g/mol. The van der Waals surface area contributed by atoms with Crippen LogP contribution in [0.2, 0.25) is 0 Å². The Hall–Kier alpha value is -3.60. The molecule has 0 spiro atoms. The van der Waals surface area contributed by atoms with Gasteiger partial charge in [0.1, 0.15) is 5.60 Å². The lowest BCUT2D eigenvalue weighted by atomic mass is 9.97. The van der Waals surface area contributed by atoms with E-state index in [2.05, 4.69) is 46.4 Å². The smallest absolute Gasteiger partial charge is 0.416 e. The number of rotatable bonds is 9. The third kappa shape index (κ3) is 9.48. The van der Waals surface area contributed by atoms with Gasteiger partial charge in [-0.05, 0) is 76.8 Å². The molecule has 2 aromatic rings. The van der Waals surface area contributed by atoms with E-state index in [1.807, 2.05) is 6.92 Å². The molecule has 224 valence electrons. The van der Waals surface area contributed by atoms with Gasteiger partial charge in [0.2, 0.25) is 5.91 Å². The minimum absolute atomic E-state index is 0.173. The maximum Gasteiger partial charge on any atom is 0.416 e. The maximum atomic E-state index is 13.4. The molecule has 0 radical (unpaired) electrons. The fourth-order valence-corrected chi connectivity index (χ4v) is 4.91. The summed E-state index contributed by atoms with van der Waals surface area (Å²) in [5.74, 6) is -1.40. The molecule has 3 amide bonds. The Balaban J connectivity index is 1.65. The number of nitrogens with one attached hydrogen (secondary N) is 4. The molecule has 1 fully saturated rings. The second-order valence-electron chi connectivity index (χ2n) is 11.6. The molecule has 1 aliphatic carbocycles. The van der Waals surface area contributed by atoms with Crippen LogP contribution >= 0.6 is 0 Å². The average Bonchev–Trinajstić information content (AvgIpc) is 3.30. The molecular formula is C30H39F3N4O4. The van der Waals surface area contributed by atoms with Gasteiger partial charge >= 0.3 is 12.3 Å². The van der Waals surface area contributed by atoms with Gasteiger partial charge in [-0.2, -0.15) is 13.2 Å². The van der Waals surface area contributed by atoms with Gasteiger partial charge in [-0.3, -0.25) is 14.9 Å². The number of carbonyl (C=O) groups excluding carboxylic acids is 3. The molecule has 4 N–H and O–H groups in total. The molecule has 2 aromatic carbocycles. The third-order valence-corrected chi connectivity index (χ3v) is 6.88. The van der Waals surface area contributed by atoms with E-state index < -0.39 is 52.9 Å². The molecule has 1 saturated carbocycles. The largest absolute Gasteiger partial charge is 0.444 e. The number of hydrogen-bond acceptors (Lipinski definition) is 5. The van der Waals surface area contributed by atoms with Gasteiger partial charge < -0.3 is 20.7 Å². The van der Waals surface area contributed by atoms with Crippen molar-refractivity contribution in [3.8, 4) is 0 Å². The molecule has 3 rings (SSSR count). The zero-order valence-corrected chi connectivity index (χ0v) is 24.2. The Morgan fingerprint density at radius 3 is 2.27 bits per heavy atom. The molecule has 11 heteroatoms. The zero-order valence-electron chi connectivity index (χ0n) is 24.2. The number of benzene rings is 2. The van der Waals surface area contributed by atoms with Gasteiger partial charge in [0.15, 0.2) is 0 Å². The van der Waals surface area contributed by atoms with Crippen molar-refractivity contribution in [3.63, 3.8) is 0 Å². The molecule has 1 aliphatic rings. The van der Waals surface area contributed by atoms with Crippen LogP contribution in [0.15, 0.2) is 36.4 Å². The molecule has 41 heavy (non-hydrogen) atoms. The van der Waals surface area contributed by atoms with Crippen LogP contribution in [0, 0.1) is 13.8 Å². The summed E-state index contributed by atoms with van der Waals surface area (Å²) in [6.45, 7) is 9.71. The predicted octanol–water partition coefficient (Wildman–Crippen LogP) is 5.62. The molecular weight excluding hydrogens is 537 g/mol. The summed E-state index contributed by atoms with van der Waals surface area (Å²) >= 11 is 0. The topological polar surface area (TPSA) is 109 Å². The second kappa shape index (κ2) is 12.9. The summed E-state index contributed by atoms with van der Waals surface area (Å²) in [6.07, 6.45) is -2.21. The first-order valence-corrected chi connectivity index (χ1v) is 13.6. The van der Waals surface area contributed by atoms with E-state index in [0.717, 1.165) is 37.8 Å². The first-order chi connectivity index (χ1) is 19.1. The minimum Gasteiger partial charge on any atom is -0.444 e. The highest BCUT2D eigenvalue weighted by Crippen LogP contribution is 2.32. The van der Waals surface area contributed by atoms with Gasteiger partial charge in [-0.1, -0.05) is 36.6 Å². The fraction of sp³-hybridized carbons (Fsp3) is 0.500. The van der Waals surface area contributed by atoms with Crippen molar-refractivity contribution in [3.05, 3.63) is 64.2 Å². The third-order valence-electron chi connectivity index (χ3n) is 6.88. The van der Waals surface area contributed by atoms with Crippen molar-refractivity contribution in [1.82, 2.24) is 16.0 Å². The summed E-state index contributed by atoms with van der Waals surface area (Å²) < 4.78 is 45.3. The molecule has 0 aromatic heterocycles. The number of aryl methyl sites for hydroxylation is 2. The lowest BCUT2D eigenvalue weighted by Crippen LogP contribution is -2.55. The first kappa shape index (κ1) is 31.9. The van der Waals surface area contributed by atoms with E-state index in [1.165, 1.54) is 16.7 Å². The lowest BCUT2D eigenvalue weighted by molar-refractivity contribution is -0.137. The Morgan fingerprint density at radius 2 is 1.66 bits per heavy atom. The number of anilines is 1. The first-order valence-electron chi connectivity index (χ1n) is 13.6. The van der Waals surface area contributed by atoms with Crippen molar-refractivity contribution in [1.29, 1.82) is 0 Å². The Morgan fingerprint density at radius 1 is 0.976 bits per heavy atom. The standard InChI is InChI=1S/C30H39F3N4O4/c1-19-8-9-21(20(2)14-19)16-34-18-29(12-6-7-13-29)37-25(38)17-35-26(39)23-15-22(30(31,32)33)10-11-24(23)36-27(40)41-28(3,4)5/h8-11,14-15,34H,6-7,12-13,16-18H2,1-5H3,(H,35,39)(H,36,40)(H,37,38). The number of hydrogen-bond donors (Lipinski definition) is 4. The number of alkyl halides is 3. The number of amides is 3. The molecule has 0 atom stereocenters. The number of carbonyl (C=O) groups is 3. The van der Waals surface area contributed by atoms with Gasteiger partial charge in [0.05, 0.1) is 28.9 Å². The highest BCUT2D eigenvalue weighted by Gasteiger charge is 2.35. The van der Waals surface area contributed by atoms with Crippen molar-refractivity contribution in [2.75, 3.05) is 18.4 Å². The highest BCUT2D eigenvalue weighted by molar-refractivity contribution is 6.04. The van der Waals surface area contributed by atoms with E-state index in [4.69, 9.17) is 4.74 Å². The van der Waals surface area contributed by atoms with Gasteiger partial charge in [0, 0.05) is 13.1 Å². The molecule has 0 aliphatic heterocycles. The SMILES string of the molecule is Cc1ccc(CNCC2(NC(=O)CNC(=O)c3cc(C(F)(F)F)ccc3NC(=O)OC(C)(C)C)CCCC2)c(C)c1. The van der Waals surface area contributed by atoms with Crippen molar-refractivity contribution in [2.45, 2.75) is 84.2 Å². The van der Waals surface area contributed by atoms with Gasteiger partial charge in [-0.15, -0.1) is 0 Å². The highest BCUT2D eigenvalue weighted by atomic mass is 19.4. The summed E-state index contributed by atoms with van der Waals surface area (Å²) in [5.41, 5.74) is 0.504. The molecule has 0 saturated heterocycles. The maximum absolute atomic E-state index is 13.4. The fourth-order valence-electron chi connectivity index (χ4n) is 4.91. The summed E-state index contributed by atoms with van der Waals surface area (Å²) in [5, 5.41) is 11.2. The quantitative estimate of drug-likeness (QED) is 0.310. The summed E-state index contributed by atoms with van der Waals surface area (Å²) in [4.78, 5) is 38.1. The summed E-state index contributed by atoms with van der Waals surface area (Å²) in [7, 11) is 0. The van der Waals surface area contributed by atoms with Crippen LogP contribution in [-0.2, 0) is 22.3 Å². The van der Waals surface area contributed by atoms with E-state index in [0.29, 0.717) is 19.2 Å². The number of halogens is 3. The number of ether oxygens (including phenoxy) is 1.